The second-order valence-corrected chi connectivity index (χ2v) is 5.93. The number of nitrogens with zero attached hydrogens (tertiary/aromatic N) is 2. The van der Waals surface area contributed by atoms with Crippen LogP contribution in [0.5, 0.6) is 0 Å². The standard InChI is InChI=1S/C18H18N4O3/c1-12(9-13-3-2-8-19-10-13)20-17(24)14-4-6-15(7-5-14)22-11-16(23)21-18(22)25/h2-8,10,12H,9,11H2,1H3,(H,20,24)(H,21,23,25)/t12-/m0/s1. The number of hydrogen-bond acceptors (Lipinski definition) is 4. The Balaban J connectivity index is 1.61. The van der Waals surface area contributed by atoms with Crippen molar-refractivity contribution in [3.05, 3.63) is 59.9 Å². The summed E-state index contributed by atoms with van der Waals surface area (Å²) in [5, 5.41) is 5.15. The van der Waals surface area contributed by atoms with Crippen LogP contribution in [0.25, 0.3) is 0 Å². The Morgan fingerprint density at radius 1 is 1.28 bits per heavy atom. The van der Waals surface area contributed by atoms with E-state index in [9.17, 15) is 14.4 Å². The van der Waals surface area contributed by atoms with Gasteiger partial charge in [0.2, 0.25) is 5.91 Å². The summed E-state index contributed by atoms with van der Waals surface area (Å²) in [6, 6.07) is 9.91. The van der Waals surface area contributed by atoms with Crippen molar-refractivity contribution < 1.29 is 14.4 Å². The molecule has 2 N–H and O–H groups in total. The molecule has 1 aliphatic heterocycles. The Hall–Kier alpha value is -3.22. The zero-order valence-corrected chi connectivity index (χ0v) is 13.7. The van der Waals surface area contributed by atoms with Gasteiger partial charge in [-0.05, 0) is 49.2 Å². The largest absolute Gasteiger partial charge is 0.349 e. The summed E-state index contributed by atoms with van der Waals surface area (Å²) < 4.78 is 0. The molecule has 1 atom stereocenters. The minimum absolute atomic E-state index is 0.00742. The summed E-state index contributed by atoms with van der Waals surface area (Å²) in [4.78, 5) is 40.6. The number of aromatic nitrogens is 1. The van der Waals surface area contributed by atoms with Crippen molar-refractivity contribution in [2.45, 2.75) is 19.4 Å². The normalized spacial score (nSPS) is 15.0. The Bertz CT molecular complexity index is 790. The van der Waals surface area contributed by atoms with Crippen LogP contribution in [-0.4, -0.2) is 35.4 Å². The molecular weight excluding hydrogens is 320 g/mol. The van der Waals surface area contributed by atoms with E-state index in [1.807, 2.05) is 19.1 Å². The number of carbonyl (C=O) groups is 3. The van der Waals surface area contributed by atoms with Crippen molar-refractivity contribution in [1.82, 2.24) is 15.6 Å². The van der Waals surface area contributed by atoms with Crippen LogP contribution in [0.3, 0.4) is 0 Å². The Kier molecular flexibility index (Phi) is 4.74. The van der Waals surface area contributed by atoms with Gasteiger partial charge in [0.05, 0.1) is 0 Å². The number of imide groups is 1. The quantitative estimate of drug-likeness (QED) is 0.808. The van der Waals surface area contributed by atoms with Gasteiger partial charge in [0, 0.05) is 29.7 Å². The number of hydrogen-bond donors (Lipinski definition) is 2. The van der Waals surface area contributed by atoms with Gasteiger partial charge in [-0.3, -0.25) is 24.8 Å². The van der Waals surface area contributed by atoms with Gasteiger partial charge < -0.3 is 5.32 Å². The predicted octanol–water partition coefficient (Wildman–Crippen LogP) is 1.50. The molecule has 1 aliphatic rings. The summed E-state index contributed by atoms with van der Waals surface area (Å²) in [5.74, 6) is -0.527. The Labute approximate surface area is 145 Å². The van der Waals surface area contributed by atoms with E-state index in [1.165, 1.54) is 4.90 Å². The third kappa shape index (κ3) is 4.00. The SMILES string of the molecule is C[C@@H](Cc1cccnc1)NC(=O)c1ccc(N2CC(=O)NC2=O)cc1. The molecule has 2 aromatic rings. The fourth-order valence-electron chi connectivity index (χ4n) is 2.67. The Morgan fingerprint density at radius 2 is 2.04 bits per heavy atom. The summed E-state index contributed by atoms with van der Waals surface area (Å²) in [7, 11) is 0. The minimum atomic E-state index is -0.452. The first-order chi connectivity index (χ1) is 12.0. The lowest BCUT2D eigenvalue weighted by molar-refractivity contribution is -0.117. The van der Waals surface area contributed by atoms with Crippen LogP contribution < -0.4 is 15.5 Å². The molecule has 4 amide bonds. The molecular formula is C18H18N4O3. The molecule has 3 rings (SSSR count). The molecule has 2 heterocycles. The molecule has 128 valence electrons. The monoisotopic (exact) mass is 338 g/mol. The van der Waals surface area contributed by atoms with Crippen LogP contribution in [0, 0.1) is 0 Å². The number of rotatable bonds is 5. The van der Waals surface area contributed by atoms with E-state index in [0.29, 0.717) is 17.7 Å². The topological polar surface area (TPSA) is 91.4 Å². The van der Waals surface area contributed by atoms with Crippen LogP contribution in [-0.2, 0) is 11.2 Å². The number of urea groups is 1. The lowest BCUT2D eigenvalue weighted by Crippen LogP contribution is -2.34. The average molecular weight is 338 g/mol. The molecule has 0 aliphatic carbocycles. The molecule has 0 radical (unpaired) electrons. The number of pyridine rings is 1. The van der Waals surface area contributed by atoms with Crippen LogP contribution in [0.2, 0.25) is 0 Å². The summed E-state index contributed by atoms with van der Waals surface area (Å²) in [6.07, 6.45) is 4.18. The fraction of sp³-hybridized carbons (Fsp3) is 0.222. The summed E-state index contributed by atoms with van der Waals surface area (Å²) >= 11 is 0. The Morgan fingerprint density at radius 3 is 2.64 bits per heavy atom. The molecule has 7 heteroatoms. The first-order valence-electron chi connectivity index (χ1n) is 7.94. The van der Waals surface area contributed by atoms with Gasteiger partial charge in [-0.2, -0.15) is 0 Å². The van der Waals surface area contributed by atoms with Crippen LogP contribution >= 0.6 is 0 Å². The fourth-order valence-corrected chi connectivity index (χ4v) is 2.67. The number of nitrogens with one attached hydrogen (secondary N) is 2. The highest BCUT2D eigenvalue weighted by molar-refractivity contribution is 6.12. The zero-order chi connectivity index (χ0) is 17.8. The highest BCUT2D eigenvalue weighted by atomic mass is 16.2. The van der Waals surface area contributed by atoms with Gasteiger partial charge in [0.15, 0.2) is 0 Å². The van der Waals surface area contributed by atoms with E-state index in [1.54, 1.807) is 36.7 Å². The minimum Gasteiger partial charge on any atom is -0.349 e. The number of carbonyl (C=O) groups excluding carboxylic acids is 3. The summed E-state index contributed by atoms with van der Waals surface area (Å²) in [6.45, 7) is 1.92. The molecule has 1 saturated heterocycles. The lowest BCUT2D eigenvalue weighted by Gasteiger charge is -2.15. The van der Waals surface area contributed by atoms with E-state index in [0.717, 1.165) is 5.56 Å². The smallest absolute Gasteiger partial charge is 0.329 e. The van der Waals surface area contributed by atoms with E-state index in [-0.39, 0.29) is 24.4 Å². The van der Waals surface area contributed by atoms with Crippen molar-refractivity contribution in [1.29, 1.82) is 0 Å². The second-order valence-electron chi connectivity index (χ2n) is 5.93. The molecule has 0 saturated carbocycles. The van der Waals surface area contributed by atoms with Crippen molar-refractivity contribution in [3.63, 3.8) is 0 Å². The predicted molar refractivity (Wildman–Crippen MR) is 92.2 cm³/mol. The summed E-state index contributed by atoms with van der Waals surface area (Å²) in [5.41, 5.74) is 2.12. The van der Waals surface area contributed by atoms with Gasteiger partial charge in [-0.15, -0.1) is 0 Å². The van der Waals surface area contributed by atoms with E-state index in [4.69, 9.17) is 0 Å². The van der Waals surface area contributed by atoms with Gasteiger partial charge in [0.25, 0.3) is 5.91 Å². The van der Waals surface area contributed by atoms with E-state index < -0.39 is 6.03 Å². The van der Waals surface area contributed by atoms with Crippen LogP contribution in [0.1, 0.15) is 22.8 Å². The molecule has 7 nitrogen and oxygen atoms in total. The van der Waals surface area contributed by atoms with Crippen LogP contribution in [0.15, 0.2) is 48.8 Å². The van der Waals surface area contributed by atoms with E-state index in [2.05, 4.69) is 15.6 Å². The van der Waals surface area contributed by atoms with Gasteiger partial charge in [-0.1, -0.05) is 6.07 Å². The highest BCUT2D eigenvalue weighted by Gasteiger charge is 2.27. The lowest BCUT2D eigenvalue weighted by atomic mass is 10.1. The molecule has 1 aromatic carbocycles. The van der Waals surface area contributed by atoms with Gasteiger partial charge in [-0.25, -0.2) is 4.79 Å². The average Bonchev–Trinajstić information content (AvgIpc) is 2.94. The molecule has 25 heavy (non-hydrogen) atoms. The van der Waals surface area contributed by atoms with Crippen molar-refractivity contribution in [3.8, 4) is 0 Å². The molecule has 1 aromatic heterocycles. The second kappa shape index (κ2) is 7.12. The maximum absolute atomic E-state index is 12.3. The zero-order valence-electron chi connectivity index (χ0n) is 13.7. The van der Waals surface area contributed by atoms with Gasteiger partial charge in [0.1, 0.15) is 6.54 Å². The molecule has 0 bridgehead atoms. The number of amides is 4. The van der Waals surface area contributed by atoms with Crippen LogP contribution in [0.4, 0.5) is 10.5 Å². The number of benzene rings is 1. The third-order valence-electron chi connectivity index (χ3n) is 3.88. The maximum Gasteiger partial charge on any atom is 0.329 e. The van der Waals surface area contributed by atoms with Crippen molar-refractivity contribution in [2.24, 2.45) is 0 Å². The first kappa shape index (κ1) is 16.6. The first-order valence-corrected chi connectivity index (χ1v) is 7.94. The third-order valence-corrected chi connectivity index (χ3v) is 3.88. The number of anilines is 1. The molecule has 0 unspecified atom stereocenters. The van der Waals surface area contributed by atoms with Crippen molar-refractivity contribution in [2.75, 3.05) is 11.4 Å². The van der Waals surface area contributed by atoms with Gasteiger partial charge >= 0.3 is 6.03 Å². The molecule has 1 fully saturated rings. The molecule has 0 spiro atoms. The highest BCUT2D eigenvalue weighted by Crippen LogP contribution is 2.17. The van der Waals surface area contributed by atoms with E-state index >= 15 is 0 Å². The van der Waals surface area contributed by atoms with Crippen molar-refractivity contribution >= 4 is 23.5 Å². The maximum atomic E-state index is 12.3.